The molecule has 6 rings (SSSR count). The van der Waals surface area contributed by atoms with Crippen molar-refractivity contribution >= 4 is 29.1 Å². The van der Waals surface area contributed by atoms with Crippen LogP contribution in [0.4, 0.5) is 5.69 Å². The third kappa shape index (κ3) is 7.58. The molecule has 3 aromatic rings. The lowest BCUT2D eigenvalue weighted by molar-refractivity contribution is -0.128. The lowest BCUT2D eigenvalue weighted by Gasteiger charge is -2.38. The van der Waals surface area contributed by atoms with E-state index in [9.17, 15) is 9.59 Å². The van der Waals surface area contributed by atoms with E-state index < -0.39 is 0 Å². The second-order valence-electron chi connectivity index (χ2n) is 12.1. The Labute approximate surface area is 260 Å². The summed E-state index contributed by atoms with van der Waals surface area (Å²) in [6.07, 6.45) is 4.00. The molecule has 0 saturated carbocycles. The van der Waals surface area contributed by atoms with Gasteiger partial charge in [-0.25, -0.2) is 0 Å². The maximum Gasteiger partial charge on any atom is 0.237 e. The molecule has 0 spiro atoms. The molecule has 0 bridgehead atoms. The van der Waals surface area contributed by atoms with E-state index in [-0.39, 0.29) is 23.9 Å². The molecule has 1 unspecified atom stereocenters. The van der Waals surface area contributed by atoms with E-state index in [1.807, 2.05) is 17.0 Å². The highest BCUT2D eigenvalue weighted by Gasteiger charge is 2.27. The number of halogens is 1. The number of benzene rings is 3. The minimum absolute atomic E-state index is 0.0319. The quantitative estimate of drug-likeness (QED) is 0.361. The summed E-state index contributed by atoms with van der Waals surface area (Å²) in [6, 6.07) is 24.7. The molecule has 2 N–H and O–H groups in total. The smallest absolute Gasteiger partial charge is 0.237 e. The molecule has 3 aliphatic rings. The second-order valence-corrected chi connectivity index (χ2v) is 12.5. The van der Waals surface area contributed by atoms with Crippen LogP contribution in [0.5, 0.6) is 0 Å². The zero-order valence-corrected chi connectivity index (χ0v) is 25.6. The molecule has 0 aromatic heterocycles. The first-order valence-corrected chi connectivity index (χ1v) is 16.1. The summed E-state index contributed by atoms with van der Waals surface area (Å²) in [4.78, 5) is 32.7. The summed E-state index contributed by atoms with van der Waals surface area (Å²) in [5.74, 6) is 0.343. The van der Waals surface area contributed by atoms with Crippen molar-refractivity contribution in [2.24, 2.45) is 0 Å². The van der Waals surface area contributed by atoms with Crippen molar-refractivity contribution in [1.29, 1.82) is 0 Å². The summed E-state index contributed by atoms with van der Waals surface area (Å²) >= 11 is 6.15. The van der Waals surface area contributed by atoms with E-state index in [1.54, 1.807) is 0 Å². The summed E-state index contributed by atoms with van der Waals surface area (Å²) in [7, 11) is 0. The molecule has 3 aromatic carbocycles. The molecular formula is C35H42ClN5O2. The number of anilines is 1. The van der Waals surface area contributed by atoms with Gasteiger partial charge in [0.05, 0.1) is 6.04 Å². The number of para-hydroxylation sites is 1. The fourth-order valence-corrected chi connectivity index (χ4v) is 6.78. The van der Waals surface area contributed by atoms with Crippen LogP contribution >= 0.6 is 11.6 Å². The number of nitrogens with one attached hydrogen (secondary N) is 2. The Bertz CT molecular complexity index is 1410. The normalized spacial score (nSPS) is 19.7. The second kappa shape index (κ2) is 13.9. The van der Waals surface area contributed by atoms with Gasteiger partial charge in [0.25, 0.3) is 0 Å². The monoisotopic (exact) mass is 599 g/mol. The van der Waals surface area contributed by atoms with Crippen molar-refractivity contribution < 1.29 is 9.59 Å². The molecule has 226 valence electrons. The molecule has 2 fully saturated rings. The molecular weight excluding hydrogens is 558 g/mol. The molecule has 2 amide bonds. The fourth-order valence-electron chi connectivity index (χ4n) is 6.65. The number of rotatable bonds is 10. The number of piperazine rings is 1. The maximum absolute atomic E-state index is 13.5. The number of likely N-dealkylation sites (tertiary alicyclic amines) is 1. The van der Waals surface area contributed by atoms with Gasteiger partial charge in [0.2, 0.25) is 11.8 Å². The molecule has 3 aliphatic heterocycles. The van der Waals surface area contributed by atoms with Crippen LogP contribution < -0.4 is 15.5 Å². The first-order valence-electron chi connectivity index (χ1n) is 15.7. The van der Waals surface area contributed by atoms with Crippen LogP contribution in [0.15, 0.2) is 72.8 Å². The zero-order chi connectivity index (χ0) is 29.6. The van der Waals surface area contributed by atoms with Crippen molar-refractivity contribution in [1.82, 2.24) is 20.4 Å². The van der Waals surface area contributed by atoms with Crippen molar-refractivity contribution in [3.8, 4) is 0 Å². The first kappa shape index (κ1) is 29.7. The third-order valence-corrected chi connectivity index (χ3v) is 9.42. The molecule has 7 nitrogen and oxygen atoms in total. The van der Waals surface area contributed by atoms with Gasteiger partial charge in [-0.05, 0) is 66.1 Å². The summed E-state index contributed by atoms with van der Waals surface area (Å²) in [5.41, 5.74) is 6.18. The Morgan fingerprint density at radius 3 is 2.44 bits per heavy atom. The minimum atomic E-state index is -0.220. The minimum Gasteiger partial charge on any atom is -0.369 e. The van der Waals surface area contributed by atoms with Crippen LogP contribution in [-0.2, 0) is 35.5 Å². The molecule has 0 radical (unpaired) electrons. The third-order valence-electron chi connectivity index (χ3n) is 9.17. The van der Waals surface area contributed by atoms with Gasteiger partial charge in [0.15, 0.2) is 0 Å². The fraction of sp³-hybridized carbons (Fsp3) is 0.429. The van der Waals surface area contributed by atoms with E-state index >= 15 is 0 Å². The predicted molar refractivity (Wildman–Crippen MR) is 172 cm³/mol. The highest BCUT2D eigenvalue weighted by atomic mass is 35.5. The molecule has 3 heterocycles. The Morgan fingerprint density at radius 1 is 0.930 bits per heavy atom. The van der Waals surface area contributed by atoms with E-state index in [1.165, 1.54) is 27.9 Å². The van der Waals surface area contributed by atoms with Crippen molar-refractivity contribution in [2.45, 2.75) is 57.3 Å². The van der Waals surface area contributed by atoms with Gasteiger partial charge in [0, 0.05) is 75.5 Å². The molecule has 2 saturated heterocycles. The summed E-state index contributed by atoms with van der Waals surface area (Å²) < 4.78 is 0. The van der Waals surface area contributed by atoms with Crippen LogP contribution in [0.3, 0.4) is 0 Å². The standard InChI is InChI=1S/C35H42ClN5O2/c36-30-13-11-26(12-14-30)22-31(38-35(43)32-23-27-6-1-2-7-28(27)24-37-32)15-17-39-18-20-40(21-19-39)33-9-4-3-8-29(33)25-41-16-5-10-34(41)42/h1-4,6-9,11-14,31-32,37H,5,10,15-25H2,(H,38,43)/t31?,32-/m1/s1. The number of carbonyl (C=O) groups is 2. The Kier molecular flexibility index (Phi) is 9.61. The average Bonchev–Trinajstić information content (AvgIpc) is 3.45. The van der Waals surface area contributed by atoms with E-state index in [0.29, 0.717) is 19.4 Å². The highest BCUT2D eigenvalue weighted by Crippen LogP contribution is 2.25. The van der Waals surface area contributed by atoms with Gasteiger partial charge in [0.1, 0.15) is 0 Å². The zero-order valence-electron chi connectivity index (χ0n) is 24.8. The van der Waals surface area contributed by atoms with Gasteiger partial charge >= 0.3 is 0 Å². The van der Waals surface area contributed by atoms with E-state index in [0.717, 1.165) is 70.1 Å². The largest absolute Gasteiger partial charge is 0.369 e. The SMILES string of the molecule is O=C(NC(CCN1CCN(c2ccccc2CN2CCCC2=O)CC1)Cc1ccc(Cl)cc1)[C@H]1Cc2ccccc2CN1. The number of carbonyl (C=O) groups excluding carboxylic acids is 2. The number of amides is 2. The maximum atomic E-state index is 13.5. The van der Waals surface area contributed by atoms with Gasteiger partial charge in [-0.3, -0.25) is 14.5 Å². The number of fused-ring (bicyclic) bond motifs is 1. The van der Waals surface area contributed by atoms with Crippen LogP contribution in [0.25, 0.3) is 0 Å². The number of nitrogens with zero attached hydrogens (tertiary/aromatic N) is 3. The topological polar surface area (TPSA) is 67.9 Å². The van der Waals surface area contributed by atoms with Gasteiger partial charge in [-0.2, -0.15) is 0 Å². The first-order chi connectivity index (χ1) is 21.0. The predicted octanol–water partition coefficient (Wildman–Crippen LogP) is 4.42. The van der Waals surface area contributed by atoms with Gasteiger partial charge in [-0.1, -0.05) is 66.2 Å². The van der Waals surface area contributed by atoms with Crippen LogP contribution in [0, 0.1) is 0 Å². The Hall–Kier alpha value is -3.39. The average molecular weight is 600 g/mol. The molecule has 2 atom stereocenters. The molecule has 43 heavy (non-hydrogen) atoms. The van der Waals surface area contributed by atoms with Crippen LogP contribution in [0.2, 0.25) is 5.02 Å². The highest BCUT2D eigenvalue weighted by molar-refractivity contribution is 6.30. The Morgan fingerprint density at radius 2 is 1.67 bits per heavy atom. The van der Waals surface area contributed by atoms with Crippen LogP contribution in [-0.4, -0.2) is 73.0 Å². The number of hydrogen-bond acceptors (Lipinski definition) is 5. The van der Waals surface area contributed by atoms with Crippen LogP contribution in [0.1, 0.15) is 41.5 Å². The molecule has 8 heteroatoms. The van der Waals surface area contributed by atoms with Crippen molar-refractivity contribution in [3.05, 3.63) is 100 Å². The van der Waals surface area contributed by atoms with Crippen molar-refractivity contribution in [3.63, 3.8) is 0 Å². The lowest BCUT2D eigenvalue weighted by Crippen LogP contribution is -2.52. The summed E-state index contributed by atoms with van der Waals surface area (Å²) in [5, 5.41) is 7.56. The number of hydrogen-bond donors (Lipinski definition) is 2. The Balaban J connectivity index is 1.05. The van der Waals surface area contributed by atoms with Crippen molar-refractivity contribution in [2.75, 3.05) is 44.2 Å². The van der Waals surface area contributed by atoms with E-state index in [2.05, 4.69) is 81.1 Å². The van der Waals surface area contributed by atoms with E-state index in [4.69, 9.17) is 11.6 Å². The van der Waals surface area contributed by atoms with Gasteiger partial charge in [-0.15, -0.1) is 0 Å². The lowest BCUT2D eigenvalue weighted by atomic mass is 9.95. The molecule has 0 aliphatic carbocycles. The van der Waals surface area contributed by atoms with Gasteiger partial charge < -0.3 is 20.4 Å². The summed E-state index contributed by atoms with van der Waals surface area (Å²) in [6.45, 7) is 7.05.